The van der Waals surface area contributed by atoms with Crippen LogP contribution in [0.2, 0.25) is 0 Å². The zero-order chi connectivity index (χ0) is 15.4. The number of nitriles is 1. The number of nitrogens with two attached hydrogens (primary N) is 1. The van der Waals surface area contributed by atoms with Crippen LogP contribution in [0.15, 0.2) is 46.9 Å². The van der Waals surface area contributed by atoms with Crippen molar-refractivity contribution < 1.29 is 4.79 Å². The predicted octanol–water partition coefficient (Wildman–Crippen LogP) is 3.18. The summed E-state index contributed by atoms with van der Waals surface area (Å²) in [6.45, 7) is 0.458. The highest BCUT2D eigenvalue weighted by Gasteiger charge is 2.15. The number of carbonyl (C=O) groups is 1. The molecule has 2 aromatic rings. The summed E-state index contributed by atoms with van der Waals surface area (Å²) in [4.78, 5) is 14.0. The molecule has 0 atom stereocenters. The Morgan fingerprint density at radius 2 is 1.95 bits per heavy atom. The molecule has 2 aromatic carbocycles. The lowest BCUT2D eigenvalue weighted by atomic mass is 10.1. The van der Waals surface area contributed by atoms with Crippen LogP contribution in [-0.4, -0.2) is 17.9 Å². The van der Waals surface area contributed by atoms with Gasteiger partial charge in [-0.3, -0.25) is 4.79 Å². The Morgan fingerprint density at radius 3 is 2.52 bits per heavy atom. The molecule has 4 nitrogen and oxygen atoms in total. The summed E-state index contributed by atoms with van der Waals surface area (Å²) < 4.78 is 0.839. The van der Waals surface area contributed by atoms with Crippen LogP contribution < -0.4 is 5.73 Å². The van der Waals surface area contributed by atoms with Crippen molar-refractivity contribution in [3.8, 4) is 6.07 Å². The normalized spacial score (nSPS) is 9.95. The maximum absolute atomic E-state index is 12.4. The zero-order valence-electron chi connectivity index (χ0n) is 11.5. The molecule has 0 radical (unpaired) electrons. The Bertz CT molecular complexity index is 704. The average molecular weight is 344 g/mol. The van der Waals surface area contributed by atoms with Crippen molar-refractivity contribution >= 4 is 27.5 Å². The van der Waals surface area contributed by atoms with Gasteiger partial charge in [0, 0.05) is 23.8 Å². The summed E-state index contributed by atoms with van der Waals surface area (Å²) in [7, 11) is 1.72. The van der Waals surface area contributed by atoms with Gasteiger partial charge in [0.2, 0.25) is 0 Å². The summed E-state index contributed by atoms with van der Waals surface area (Å²) in [5.74, 6) is -0.135. The van der Waals surface area contributed by atoms with Gasteiger partial charge in [0.25, 0.3) is 5.91 Å². The van der Waals surface area contributed by atoms with Gasteiger partial charge in [0.1, 0.15) is 0 Å². The molecule has 0 aliphatic rings. The maximum Gasteiger partial charge on any atom is 0.255 e. The molecule has 0 spiro atoms. The standard InChI is InChI=1S/C16H14BrN3O/c1-20(10-12-4-2-11(9-18)3-5-12)16(21)14-7-6-13(17)8-15(14)19/h2-8H,10,19H2,1H3. The monoisotopic (exact) mass is 343 g/mol. The number of halogens is 1. The molecule has 21 heavy (non-hydrogen) atoms. The molecular weight excluding hydrogens is 330 g/mol. The van der Waals surface area contributed by atoms with Gasteiger partial charge >= 0.3 is 0 Å². The van der Waals surface area contributed by atoms with E-state index in [1.165, 1.54) is 0 Å². The van der Waals surface area contributed by atoms with Gasteiger partial charge in [0.15, 0.2) is 0 Å². The second-order valence-electron chi connectivity index (χ2n) is 4.70. The third kappa shape index (κ3) is 3.61. The first-order valence-electron chi connectivity index (χ1n) is 6.31. The first-order valence-corrected chi connectivity index (χ1v) is 7.10. The van der Waals surface area contributed by atoms with Crippen molar-refractivity contribution in [2.45, 2.75) is 6.54 Å². The summed E-state index contributed by atoms with van der Waals surface area (Å²) in [6.07, 6.45) is 0. The second kappa shape index (κ2) is 6.42. The van der Waals surface area contributed by atoms with Gasteiger partial charge in [0.05, 0.1) is 17.2 Å². The van der Waals surface area contributed by atoms with Gasteiger partial charge in [-0.15, -0.1) is 0 Å². The minimum Gasteiger partial charge on any atom is -0.398 e. The molecule has 2 rings (SSSR count). The van der Waals surface area contributed by atoms with E-state index in [1.807, 2.05) is 12.1 Å². The third-order valence-electron chi connectivity index (χ3n) is 3.09. The number of anilines is 1. The number of carbonyl (C=O) groups excluding carboxylic acids is 1. The minimum absolute atomic E-state index is 0.135. The number of hydrogen-bond donors (Lipinski definition) is 1. The molecule has 2 N–H and O–H groups in total. The molecule has 106 valence electrons. The van der Waals surface area contributed by atoms with Crippen LogP contribution in [-0.2, 0) is 6.54 Å². The Morgan fingerprint density at radius 1 is 1.29 bits per heavy atom. The molecule has 0 saturated carbocycles. The molecule has 0 aliphatic carbocycles. The minimum atomic E-state index is -0.135. The van der Waals surface area contributed by atoms with Crippen LogP contribution in [0.4, 0.5) is 5.69 Å². The topological polar surface area (TPSA) is 70.1 Å². The largest absolute Gasteiger partial charge is 0.398 e. The maximum atomic E-state index is 12.4. The lowest BCUT2D eigenvalue weighted by Crippen LogP contribution is -2.26. The highest BCUT2D eigenvalue weighted by atomic mass is 79.9. The number of hydrogen-bond acceptors (Lipinski definition) is 3. The van der Waals surface area contributed by atoms with Crippen LogP contribution in [0.3, 0.4) is 0 Å². The van der Waals surface area contributed by atoms with E-state index in [1.54, 1.807) is 42.3 Å². The molecule has 1 amide bonds. The molecule has 0 aromatic heterocycles. The Kier molecular flexibility index (Phi) is 4.61. The highest BCUT2D eigenvalue weighted by molar-refractivity contribution is 9.10. The molecule has 0 saturated heterocycles. The first-order chi connectivity index (χ1) is 10.0. The Hall–Kier alpha value is -2.32. The summed E-state index contributed by atoms with van der Waals surface area (Å²) in [5, 5.41) is 8.77. The number of nitrogens with zero attached hydrogens (tertiary/aromatic N) is 2. The molecule has 5 heteroatoms. The highest BCUT2D eigenvalue weighted by Crippen LogP contribution is 2.20. The van der Waals surface area contributed by atoms with Crippen LogP contribution in [0.5, 0.6) is 0 Å². The molecular formula is C16H14BrN3O. The summed E-state index contributed by atoms with van der Waals surface area (Å²) in [6, 6.07) is 14.4. The Labute approximate surface area is 131 Å². The fourth-order valence-electron chi connectivity index (χ4n) is 1.96. The molecule has 0 fully saturated rings. The molecule has 0 unspecified atom stereocenters. The zero-order valence-corrected chi connectivity index (χ0v) is 13.1. The number of nitrogen functional groups attached to an aromatic ring is 1. The van der Waals surface area contributed by atoms with E-state index in [2.05, 4.69) is 22.0 Å². The van der Waals surface area contributed by atoms with E-state index in [-0.39, 0.29) is 5.91 Å². The number of benzene rings is 2. The van der Waals surface area contributed by atoms with E-state index < -0.39 is 0 Å². The van der Waals surface area contributed by atoms with Crippen molar-refractivity contribution in [2.24, 2.45) is 0 Å². The van der Waals surface area contributed by atoms with Crippen LogP contribution >= 0.6 is 15.9 Å². The van der Waals surface area contributed by atoms with Crippen molar-refractivity contribution in [2.75, 3.05) is 12.8 Å². The number of rotatable bonds is 3. The van der Waals surface area contributed by atoms with Crippen LogP contribution in [0, 0.1) is 11.3 Å². The van der Waals surface area contributed by atoms with Gasteiger partial charge in [-0.1, -0.05) is 28.1 Å². The third-order valence-corrected chi connectivity index (χ3v) is 3.59. The van der Waals surface area contributed by atoms with E-state index >= 15 is 0 Å². The number of amides is 1. The van der Waals surface area contributed by atoms with E-state index in [0.29, 0.717) is 23.4 Å². The lowest BCUT2D eigenvalue weighted by molar-refractivity contribution is 0.0786. The summed E-state index contributed by atoms with van der Waals surface area (Å²) in [5.41, 5.74) is 8.36. The first kappa shape index (κ1) is 15.1. The molecule has 0 heterocycles. The van der Waals surface area contributed by atoms with Crippen molar-refractivity contribution in [1.82, 2.24) is 4.90 Å². The van der Waals surface area contributed by atoms with Gasteiger partial charge < -0.3 is 10.6 Å². The van der Waals surface area contributed by atoms with E-state index in [0.717, 1.165) is 10.0 Å². The average Bonchev–Trinajstić information content (AvgIpc) is 2.47. The fraction of sp³-hybridized carbons (Fsp3) is 0.125. The SMILES string of the molecule is CN(Cc1ccc(C#N)cc1)C(=O)c1ccc(Br)cc1N. The van der Waals surface area contributed by atoms with Crippen molar-refractivity contribution in [3.05, 3.63) is 63.6 Å². The van der Waals surface area contributed by atoms with E-state index in [4.69, 9.17) is 11.0 Å². The van der Waals surface area contributed by atoms with Crippen LogP contribution in [0.1, 0.15) is 21.5 Å². The smallest absolute Gasteiger partial charge is 0.255 e. The van der Waals surface area contributed by atoms with Gasteiger partial charge in [-0.25, -0.2) is 0 Å². The van der Waals surface area contributed by atoms with Gasteiger partial charge in [-0.05, 0) is 35.9 Å². The second-order valence-corrected chi connectivity index (χ2v) is 5.62. The predicted molar refractivity (Wildman–Crippen MR) is 85.5 cm³/mol. The quantitative estimate of drug-likeness (QED) is 0.870. The van der Waals surface area contributed by atoms with Crippen molar-refractivity contribution in [1.29, 1.82) is 5.26 Å². The lowest BCUT2D eigenvalue weighted by Gasteiger charge is -2.18. The van der Waals surface area contributed by atoms with Crippen LogP contribution in [0.25, 0.3) is 0 Å². The van der Waals surface area contributed by atoms with Crippen molar-refractivity contribution in [3.63, 3.8) is 0 Å². The van der Waals surface area contributed by atoms with Gasteiger partial charge in [-0.2, -0.15) is 5.26 Å². The Balaban J connectivity index is 2.13. The molecule has 0 bridgehead atoms. The fourth-order valence-corrected chi connectivity index (χ4v) is 2.34. The molecule has 0 aliphatic heterocycles. The van der Waals surface area contributed by atoms with E-state index in [9.17, 15) is 4.79 Å². The summed E-state index contributed by atoms with van der Waals surface area (Å²) >= 11 is 3.32.